The topological polar surface area (TPSA) is 43.0 Å². The van der Waals surface area contributed by atoms with Crippen LogP contribution in [0.25, 0.3) is 0 Å². The van der Waals surface area contributed by atoms with Crippen LogP contribution in [-0.4, -0.2) is 58.5 Å². The Morgan fingerprint density at radius 3 is 2.90 bits per heavy atom. The third kappa shape index (κ3) is 4.10. The molecule has 0 radical (unpaired) electrons. The molecule has 0 saturated carbocycles. The second-order valence-corrected chi connectivity index (χ2v) is 5.06. The summed E-state index contributed by atoms with van der Waals surface area (Å²) in [6, 6.07) is 5.84. The molecular formula is C15H24N2O3. The van der Waals surface area contributed by atoms with Gasteiger partial charge in [0.1, 0.15) is 11.5 Å². The fourth-order valence-corrected chi connectivity index (χ4v) is 2.38. The predicted octanol–water partition coefficient (Wildman–Crippen LogP) is 1.12. The molecule has 1 aliphatic heterocycles. The van der Waals surface area contributed by atoms with Crippen molar-refractivity contribution in [3.8, 4) is 11.5 Å². The SMILES string of the molecule is COc1ccc(OC)c(CNC[C@H]2CN(C)CCO2)c1. The van der Waals surface area contributed by atoms with Gasteiger partial charge in [0, 0.05) is 31.7 Å². The molecule has 2 rings (SSSR count). The van der Waals surface area contributed by atoms with E-state index >= 15 is 0 Å². The zero-order chi connectivity index (χ0) is 14.4. The van der Waals surface area contributed by atoms with Gasteiger partial charge < -0.3 is 24.4 Å². The number of hydrogen-bond acceptors (Lipinski definition) is 5. The van der Waals surface area contributed by atoms with Gasteiger partial charge >= 0.3 is 0 Å². The monoisotopic (exact) mass is 280 g/mol. The Hall–Kier alpha value is -1.30. The first kappa shape index (κ1) is 15.1. The number of ether oxygens (including phenoxy) is 3. The summed E-state index contributed by atoms with van der Waals surface area (Å²) < 4.78 is 16.3. The maximum atomic E-state index is 5.73. The molecule has 112 valence electrons. The zero-order valence-electron chi connectivity index (χ0n) is 12.5. The lowest BCUT2D eigenvalue weighted by molar-refractivity contribution is -0.0182. The van der Waals surface area contributed by atoms with E-state index < -0.39 is 0 Å². The summed E-state index contributed by atoms with van der Waals surface area (Å²) in [7, 11) is 5.48. The maximum Gasteiger partial charge on any atom is 0.123 e. The van der Waals surface area contributed by atoms with Crippen molar-refractivity contribution in [2.45, 2.75) is 12.6 Å². The Morgan fingerprint density at radius 1 is 1.35 bits per heavy atom. The highest BCUT2D eigenvalue weighted by Gasteiger charge is 2.17. The molecular weight excluding hydrogens is 256 g/mol. The average Bonchev–Trinajstić information content (AvgIpc) is 2.47. The van der Waals surface area contributed by atoms with E-state index in [0.29, 0.717) is 0 Å². The minimum atomic E-state index is 0.255. The molecule has 0 unspecified atom stereocenters. The van der Waals surface area contributed by atoms with Crippen LogP contribution in [0.1, 0.15) is 5.56 Å². The molecule has 1 aliphatic rings. The van der Waals surface area contributed by atoms with Crippen LogP contribution < -0.4 is 14.8 Å². The van der Waals surface area contributed by atoms with Crippen molar-refractivity contribution in [1.82, 2.24) is 10.2 Å². The number of nitrogens with one attached hydrogen (secondary N) is 1. The Labute approximate surface area is 120 Å². The Balaban J connectivity index is 1.86. The fraction of sp³-hybridized carbons (Fsp3) is 0.600. The molecule has 1 heterocycles. The molecule has 0 spiro atoms. The molecule has 1 saturated heterocycles. The summed E-state index contributed by atoms with van der Waals surface area (Å²) in [5, 5.41) is 3.43. The number of hydrogen-bond donors (Lipinski definition) is 1. The average molecular weight is 280 g/mol. The molecule has 1 N–H and O–H groups in total. The highest BCUT2D eigenvalue weighted by atomic mass is 16.5. The Kier molecular flexibility index (Phi) is 5.64. The van der Waals surface area contributed by atoms with Crippen LogP contribution in [0.3, 0.4) is 0 Å². The second-order valence-electron chi connectivity index (χ2n) is 5.06. The van der Waals surface area contributed by atoms with Crippen molar-refractivity contribution in [2.24, 2.45) is 0 Å². The van der Waals surface area contributed by atoms with E-state index in [0.717, 1.165) is 49.8 Å². The van der Waals surface area contributed by atoms with Crippen LogP contribution >= 0.6 is 0 Å². The standard InChI is InChI=1S/C15H24N2O3/c1-17-6-7-20-14(11-17)10-16-9-12-8-13(18-2)4-5-15(12)19-3/h4-5,8,14,16H,6-7,9-11H2,1-3H3/t14-/m0/s1. The van der Waals surface area contributed by atoms with Gasteiger partial charge in [-0.15, -0.1) is 0 Å². The molecule has 1 aromatic carbocycles. The van der Waals surface area contributed by atoms with Gasteiger partial charge in [-0.25, -0.2) is 0 Å². The van der Waals surface area contributed by atoms with Gasteiger partial charge in [-0.1, -0.05) is 0 Å². The molecule has 5 nitrogen and oxygen atoms in total. The third-order valence-electron chi connectivity index (χ3n) is 3.52. The van der Waals surface area contributed by atoms with Crippen LogP contribution in [0.15, 0.2) is 18.2 Å². The lowest BCUT2D eigenvalue weighted by Gasteiger charge is -2.30. The largest absolute Gasteiger partial charge is 0.497 e. The maximum absolute atomic E-state index is 5.73. The summed E-state index contributed by atoms with van der Waals surface area (Å²) in [5.74, 6) is 1.72. The molecule has 1 atom stereocenters. The van der Waals surface area contributed by atoms with Crippen LogP contribution in [0.2, 0.25) is 0 Å². The first-order valence-corrected chi connectivity index (χ1v) is 6.94. The van der Waals surface area contributed by atoms with Crippen LogP contribution in [0, 0.1) is 0 Å². The van der Waals surface area contributed by atoms with Gasteiger partial charge in [-0.05, 0) is 25.2 Å². The normalized spacial score (nSPS) is 19.9. The van der Waals surface area contributed by atoms with E-state index in [1.807, 2.05) is 18.2 Å². The van der Waals surface area contributed by atoms with E-state index in [-0.39, 0.29) is 6.10 Å². The lowest BCUT2D eigenvalue weighted by Crippen LogP contribution is -2.44. The van der Waals surface area contributed by atoms with Crippen LogP contribution in [-0.2, 0) is 11.3 Å². The summed E-state index contributed by atoms with van der Waals surface area (Å²) in [4.78, 5) is 2.29. The summed E-state index contributed by atoms with van der Waals surface area (Å²) >= 11 is 0. The molecule has 1 fully saturated rings. The minimum Gasteiger partial charge on any atom is -0.497 e. The van der Waals surface area contributed by atoms with Gasteiger partial charge in [-0.3, -0.25) is 0 Å². The van der Waals surface area contributed by atoms with E-state index in [1.165, 1.54) is 0 Å². The van der Waals surface area contributed by atoms with E-state index in [4.69, 9.17) is 14.2 Å². The van der Waals surface area contributed by atoms with E-state index in [2.05, 4.69) is 17.3 Å². The van der Waals surface area contributed by atoms with Crippen LogP contribution in [0.4, 0.5) is 0 Å². The molecule has 0 amide bonds. The third-order valence-corrected chi connectivity index (χ3v) is 3.52. The van der Waals surface area contributed by atoms with Crippen molar-refractivity contribution in [3.63, 3.8) is 0 Å². The molecule has 0 aromatic heterocycles. The smallest absolute Gasteiger partial charge is 0.123 e. The number of rotatable bonds is 6. The number of likely N-dealkylation sites (N-methyl/N-ethyl adjacent to an activating group) is 1. The summed E-state index contributed by atoms with van der Waals surface area (Å²) in [5.41, 5.74) is 1.09. The highest BCUT2D eigenvalue weighted by molar-refractivity contribution is 5.40. The Morgan fingerprint density at radius 2 is 2.20 bits per heavy atom. The zero-order valence-corrected chi connectivity index (χ0v) is 12.5. The van der Waals surface area contributed by atoms with E-state index in [1.54, 1.807) is 14.2 Å². The van der Waals surface area contributed by atoms with Gasteiger partial charge in [0.05, 0.1) is 26.9 Å². The quantitative estimate of drug-likeness (QED) is 0.846. The highest BCUT2D eigenvalue weighted by Crippen LogP contribution is 2.23. The molecule has 5 heteroatoms. The second kappa shape index (κ2) is 7.47. The minimum absolute atomic E-state index is 0.255. The Bertz CT molecular complexity index is 426. The van der Waals surface area contributed by atoms with Gasteiger partial charge in [0.15, 0.2) is 0 Å². The number of morpholine rings is 1. The molecule has 0 bridgehead atoms. The molecule has 20 heavy (non-hydrogen) atoms. The van der Waals surface area contributed by atoms with Gasteiger partial charge in [0.2, 0.25) is 0 Å². The van der Waals surface area contributed by atoms with E-state index in [9.17, 15) is 0 Å². The van der Waals surface area contributed by atoms with Gasteiger partial charge in [-0.2, -0.15) is 0 Å². The van der Waals surface area contributed by atoms with Crippen LogP contribution in [0.5, 0.6) is 11.5 Å². The van der Waals surface area contributed by atoms with Crippen molar-refractivity contribution in [3.05, 3.63) is 23.8 Å². The number of benzene rings is 1. The number of nitrogens with zero attached hydrogens (tertiary/aromatic N) is 1. The summed E-state index contributed by atoms with van der Waals surface area (Å²) in [6.45, 7) is 4.38. The first-order valence-electron chi connectivity index (χ1n) is 6.94. The van der Waals surface area contributed by atoms with Crippen molar-refractivity contribution < 1.29 is 14.2 Å². The van der Waals surface area contributed by atoms with Crippen molar-refractivity contribution >= 4 is 0 Å². The fourth-order valence-electron chi connectivity index (χ4n) is 2.38. The first-order chi connectivity index (χ1) is 9.72. The molecule has 1 aromatic rings. The van der Waals surface area contributed by atoms with Crippen molar-refractivity contribution in [1.29, 1.82) is 0 Å². The van der Waals surface area contributed by atoms with Gasteiger partial charge in [0.25, 0.3) is 0 Å². The molecule has 0 aliphatic carbocycles. The number of methoxy groups -OCH3 is 2. The lowest BCUT2D eigenvalue weighted by atomic mass is 10.2. The summed E-state index contributed by atoms with van der Waals surface area (Å²) in [6.07, 6.45) is 0.255. The predicted molar refractivity (Wildman–Crippen MR) is 78.5 cm³/mol. The van der Waals surface area contributed by atoms with Crippen molar-refractivity contribution in [2.75, 3.05) is 47.5 Å².